The first-order chi connectivity index (χ1) is 13.5. The van der Waals surface area contributed by atoms with Gasteiger partial charge in [-0.3, -0.25) is 0 Å². The third-order valence-corrected chi connectivity index (χ3v) is 23.3. The Morgan fingerprint density at radius 3 is 1.55 bits per heavy atom. The van der Waals surface area contributed by atoms with E-state index in [1.165, 1.54) is 64.0 Å². The third kappa shape index (κ3) is 8.94. The van der Waals surface area contributed by atoms with E-state index < -0.39 is 38.4 Å². The molecule has 0 fully saturated rings. The summed E-state index contributed by atoms with van der Waals surface area (Å²) >= 11 is -2.82. The van der Waals surface area contributed by atoms with Gasteiger partial charge in [0.05, 0.1) is 0 Å². The van der Waals surface area contributed by atoms with Crippen LogP contribution in [0.4, 0.5) is 13.2 Å². The molecule has 1 rings (SSSR count). The molecule has 0 saturated heterocycles. The van der Waals surface area contributed by atoms with Crippen molar-refractivity contribution in [3.63, 3.8) is 0 Å². The molecule has 1 nitrogen and oxygen atoms in total. The molecule has 0 amide bonds. The average molecular weight is 537 g/mol. The molecule has 0 aromatic heterocycles. The van der Waals surface area contributed by atoms with E-state index in [4.69, 9.17) is 4.43 Å². The molecule has 6 heteroatoms. The maximum atomic E-state index is 13.1. The molecule has 0 aliphatic carbocycles. The summed E-state index contributed by atoms with van der Waals surface area (Å²) in [5.41, 5.74) is 0.434. The molecular weight excluding hydrogens is 496 g/mol. The number of hydrogen-bond donors (Lipinski definition) is 0. The zero-order valence-electron chi connectivity index (χ0n) is 19.3. The molecule has 0 aliphatic heterocycles. The van der Waals surface area contributed by atoms with Crippen LogP contribution in [0.1, 0.15) is 74.5 Å². The molecule has 1 unspecified atom stereocenters. The molecule has 1 aromatic rings. The van der Waals surface area contributed by atoms with E-state index >= 15 is 0 Å². The summed E-state index contributed by atoms with van der Waals surface area (Å²) in [6, 6.07) is 5.93. The van der Waals surface area contributed by atoms with Crippen molar-refractivity contribution in [2.75, 3.05) is 0 Å². The van der Waals surface area contributed by atoms with Crippen LogP contribution in [0, 0.1) is 0 Å². The van der Waals surface area contributed by atoms with Crippen LogP contribution in [-0.4, -0.2) is 26.7 Å². The number of unbranched alkanes of at least 4 members (excludes halogenated alkanes) is 3. The molecule has 168 valence electrons. The predicted molar refractivity (Wildman–Crippen MR) is 124 cm³/mol. The number of rotatable bonds is 13. The van der Waals surface area contributed by atoms with E-state index in [1.807, 2.05) is 0 Å². The van der Waals surface area contributed by atoms with Gasteiger partial charge in [0.2, 0.25) is 0 Å². The van der Waals surface area contributed by atoms with Gasteiger partial charge in [-0.25, -0.2) is 0 Å². The Bertz CT molecular complexity index is 559. The first kappa shape index (κ1) is 27.0. The molecule has 0 radical (unpaired) electrons. The van der Waals surface area contributed by atoms with Crippen molar-refractivity contribution in [1.82, 2.24) is 0 Å². The summed E-state index contributed by atoms with van der Waals surface area (Å²) in [4.78, 5) is 0. The Labute approximate surface area is 181 Å². The second-order valence-electron chi connectivity index (χ2n) is 9.40. The van der Waals surface area contributed by atoms with Gasteiger partial charge in [0.1, 0.15) is 0 Å². The minimum atomic E-state index is -4.29. The first-order valence-electron chi connectivity index (χ1n) is 11.3. The standard InChI is InChI=1S/C11H14F3OSi.3C4H9.Sn/c1-16(2,3)15-8-9-4-6-10(7-5-9)11(12,13)14;3*1-3-4-2;/h4-8H,1-3H3;3*1,3-4H2,2H3;. The monoisotopic (exact) mass is 538 g/mol. The van der Waals surface area contributed by atoms with E-state index in [9.17, 15) is 13.2 Å². The van der Waals surface area contributed by atoms with Gasteiger partial charge < -0.3 is 0 Å². The van der Waals surface area contributed by atoms with E-state index in [2.05, 4.69) is 40.4 Å². The van der Waals surface area contributed by atoms with Crippen LogP contribution in [0.3, 0.4) is 0 Å². The quantitative estimate of drug-likeness (QED) is 0.228. The van der Waals surface area contributed by atoms with Crippen LogP contribution < -0.4 is 0 Å². The van der Waals surface area contributed by atoms with Crippen LogP contribution in [0.5, 0.6) is 0 Å². The molecule has 0 aliphatic rings. The Kier molecular flexibility index (Phi) is 11.3. The van der Waals surface area contributed by atoms with Gasteiger partial charge in [-0.1, -0.05) is 0 Å². The molecular formula is C23H41F3OSiSn. The van der Waals surface area contributed by atoms with Crippen molar-refractivity contribution in [3.05, 3.63) is 35.4 Å². The summed E-state index contributed by atoms with van der Waals surface area (Å²) in [7, 11) is -1.85. The van der Waals surface area contributed by atoms with E-state index in [1.54, 1.807) is 12.1 Å². The number of hydrogen-bond acceptors (Lipinski definition) is 1. The summed E-state index contributed by atoms with van der Waals surface area (Å²) in [6.45, 7) is 13.3. The fraction of sp³-hybridized carbons (Fsp3) is 0.739. The van der Waals surface area contributed by atoms with E-state index in [-0.39, 0.29) is 4.12 Å². The summed E-state index contributed by atoms with van der Waals surface area (Å²) in [5.74, 6) is 0. The van der Waals surface area contributed by atoms with E-state index in [0.717, 1.165) is 5.56 Å². The molecule has 0 N–H and O–H groups in total. The zero-order valence-corrected chi connectivity index (χ0v) is 23.1. The number of halogens is 3. The van der Waals surface area contributed by atoms with Crippen LogP contribution >= 0.6 is 0 Å². The van der Waals surface area contributed by atoms with Crippen molar-refractivity contribution in [3.8, 4) is 0 Å². The molecule has 29 heavy (non-hydrogen) atoms. The van der Waals surface area contributed by atoms with Crippen LogP contribution in [0.2, 0.25) is 33.0 Å². The Morgan fingerprint density at radius 2 is 1.24 bits per heavy atom. The predicted octanol–water partition coefficient (Wildman–Crippen LogP) is 8.99. The third-order valence-electron chi connectivity index (χ3n) is 5.65. The van der Waals surface area contributed by atoms with Crippen molar-refractivity contribution < 1.29 is 17.6 Å². The van der Waals surface area contributed by atoms with E-state index in [0.29, 0.717) is 0 Å². The fourth-order valence-corrected chi connectivity index (χ4v) is 26.4. The summed E-state index contributed by atoms with van der Waals surface area (Å²) in [5, 5.41) is 0. The molecule has 0 spiro atoms. The molecule has 1 aromatic carbocycles. The zero-order chi connectivity index (χ0) is 22.1. The number of benzene rings is 1. The minimum absolute atomic E-state index is 0.0721. The van der Waals surface area contributed by atoms with Gasteiger partial charge in [-0.05, 0) is 0 Å². The van der Waals surface area contributed by atoms with Gasteiger partial charge in [0.25, 0.3) is 0 Å². The fourth-order valence-electron chi connectivity index (χ4n) is 4.10. The maximum absolute atomic E-state index is 13.1. The first-order valence-corrected chi connectivity index (χ1v) is 22.4. The SMILES string of the molecule is CCC[CH2][Sn]([CH2]CCC)([CH2]CCC)[CH](O[Si](C)(C)C)c1ccc(C(F)(F)F)cc1. The van der Waals surface area contributed by atoms with Crippen molar-refractivity contribution >= 4 is 26.7 Å². The summed E-state index contributed by atoms with van der Waals surface area (Å²) in [6.07, 6.45) is 2.87. The van der Waals surface area contributed by atoms with Crippen molar-refractivity contribution in [2.45, 2.75) is 103 Å². The second kappa shape index (κ2) is 12.1. The molecule has 0 saturated carbocycles. The topological polar surface area (TPSA) is 9.23 Å². The molecule has 0 bridgehead atoms. The van der Waals surface area contributed by atoms with Gasteiger partial charge in [0.15, 0.2) is 0 Å². The average Bonchev–Trinajstić information content (AvgIpc) is 2.65. The van der Waals surface area contributed by atoms with Crippen molar-refractivity contribution in [2.24, 2.45) is 0 Å². The Hall–Kier alpha value is -0.0144. The summed E-state index contributed by atoms with van der Waals surface area (Å²) < 4.78 is 50.1. The van der Waals surface area contributed by atoms with Gasteiger partial charge in [0, 0.05) is 0 Å². The van der Waals surface area contributed by atoms with Gasteiger partial charge in [-0.2, -0.15) is 0 Å². The Balaban J connectivity index is 3.45. The molecule has 0 heterocycles. The van der Waals surface area contributed by atoms with Crippen LogP contribution in [0.25, 0.3) is 0 Å². The normalized spacial score (nSPS) is 14.2. The second-order valence-corrected chi connectivity index (χ2v) is 27.4. The molecule has 1 atom stereocenters. The number of alkyl halides is 3. The van der Waals surface area contributed by atoms with Gasteiger partial charge >= 0.3 is 182 Å². The van der Waals surface area contributed by atoms with Gasteiger partial charge in [-0.15, -0.1) is 0 Å². The van der Waals surface area contributed by atoms with Crippen molar-refractivity contribution in [1.29, 1.82) is 0 Å². The Morgan fingerprint density at radius 1 is 0.828 bits per heavy atom. The van der Waals surface area contributed by atoms with Crippen LogP contribution in [0.15, 0.2) is 24.3 Å². The van der Waals surface area contributed by atoms with Crippen LogP contribution in [-0.2, 0) is 10.6 Å².